The highest BCUT2D eigenvalue weighted by molar-refractivity contribution is 5.97. The first-order chi connectivity index (χ1) is 9.74. The van der Waals surface area contributed by atoms with E-state index in [1.807, 2.05) is 25.1 Å². The molecule has 20 heavy (non-hydrogen) atoms. The first kappa shape index (κ1) is 12.3. The quantitative estimate of drug-likeness (QED) is 0.763. The molecule has 3 aromatic rings. The number of aromatic nitrogens is 3. The topological polar surface area (TPSA) is 70.7 Å². The van der Waals surface area contributed by atoms with Crippen molar-refractivity contribution in [2.24, 2.45) is 0 Å². The summed E-state index contributed by atoms with van der Waals surface area (Å²) in [6.45, 7) is 2.40. The number of rotatable bonds is 3. The van der Waals surface area contributed by atoms with Crippen LogP contribution in [0.5, 0.6) is 0 Å². The molecular formula is C15H14N4O. The first-order valence-electron chi connectivity index (χ1n) is 6.36. The van der Waals surface area contributed by atoms with E-state index in [1.54, 1.807) is 24.5 Å². The van der Waals surface area contributed by atoms with E-state index < -0.39 is 0 Å². The Labute approximate surface area is 116 Å². The zero-order valence-corrected chi connectivity index (χ0v) is 11.1. The third kappa shape index (κ3) is 2.38. The molecule has 0 saturated heterocycles. The molecule has 5 nitrogen and oxygen atoms in total. The van der Waals surface area contributed by atoms with E-state index >= 15 is 0 Å². The van der Waals surface area contributed by atoms with Gasteiger partial charge in [-0.1, -0.05) is 12.1 Å². The molecule has 0 aliphatic rings. The first-order valence-corrected chi connectivity index (χ1v) is 6.36. The van der Waals surface area contributed by atoms with Gasteiger partial charge >= 0.3 is 0 Å². The third-order valence-corrected chi connectivity index (χ3v) is 3.24. The summed E-state index contributed by atoms with van der Waals surface area (Å²) in [7, 11) is 0. The van der Waals surface area contributed by atoms with Crippen LogP contribution >= 0.6 is 0 Å². The van der Waals surface area contributed by atoms with Gasteiger partial charge in [-0.05, 0) is 30.7 Å². The number of aryl methyl sites for hydroxylation is 1. The Morgan fingerprint density at radius 1 is 1.35 bits per heavy atom. The number of fused-ring (bicyclic) bond motifs is 1. The number of nitrogens with zero attached hydrogens (tertiary/aromatic N) is 2. The van der Waals surface area contributed by atoms with Gasteiger partial charge in [0.2, 0.25) is 0 Å². The van der Waals surface area contributed by atoms with E-state index in [4.69, 9.17) is 0 Å². The third-order valence-electron chi connectivity index (χ3n) is 3.24. The van der Waals surface area contributed by atoms with Crippen molar-refractivity contribution in [3.63, 3.8) is 0 Å². The number of carbonyl (C=O) groups is 1. The van der Waals surface area contributed by atoms with Crippen LogP contribution < -0.4 is 5.32 Å². The predicted octanol–water partition coefficient (Wildman–Crippen LogP) is 2.20. The molecule has 1 aromatic carbocycles. The molecule has 0 atom stereocenters. The van der Waals surface area contributed by atoms with Gasteiger partial charge in [0.05, 0.1) is 24.0 Å². The number of hydrogen-bond acceptors (Lipinski definition) is 3. The zero-order chi connectivity index (χ0) is 13.9. The Bertz CT molecular complexity index is 763. The number of hydrogen-bond donors (Lipinski definition) is 2. The average Bonchev–Trinajstić information content (AvgIpc) is 2.93. The smallest absolute Gasteiger partial charge is 0.251 e. The SMILES string of the molecule is Cc1cccnc1CNC(=O)c1ccc2cn[nH]c2c1. The Kier molecular flexibility index (Phi) is 3.16. The molecule has 0 spiro atoms. The van der Waals surface area contributed by atoms with Gasteiger partial charge in [-0.2, -0.15) is 5.10 Å². The normalized spacial score (nSPS) is 10.7. The van der Waals surface area contributed by atoms with Crippen LogP contribution in [0.3, 0.4) is 0 Å². The number of aromatic amines is 1. The molecule has 2 heterocycles. The minimum atomic E-state index is -0.119. The number of nitrogens with one attached hydrogen (secondary N) is 2. The lowest BCUT2D eigenvalue weighted by Gasteiger charge is -2.07. The molecule has 0 unspecified atom stereocenters. The van der Waals surface area contributed by atoms with Gasteiger partial charge < -0.3 is 5.32 Å². The number of H-pyrrole nitrogens is 1. The summed E-state index contributed by atoms with van der Waals surface area (Å²) in [6.07, 6.45) is 3.46. The molecule has 3 rings (SSSR count). The maximum Gasteiger partial charge on any atom is 0.251 e. The van der Waals surface area contributed by atoms with E-state index in [2.05, 4.69) is 20.5 Å². The van der Waals surface area contributed by atoms with Crippen LogP contribution in [0.1, 0.15) is 21.6 Å². The van der Waals surface area contributed by atoms with Crippen molar-refractivity contribution in [3.05, 3.63) is 59.5 Å². The molecule has 0 radical (unpaired) electrons. The maximum atomic E-state index is 12.1. The van der Waals surface area contributed by atoms with Gasteiger partial charge in [-0.3, -0.25) is 14.9 Å². The number of pyridine rings is 1. The highest BCUT2D eigenvalue weighted by atomic mass is 16.1. The monoisotopic (exact) mass is 266 g/mol. The molecule has 2 aromatic heterocycles. The largest absolute Gasteiger partial charge is 0.346 e. The Morgan fingerprint density at radius 2 is 2.25 bits per heavy atom. The van der Waals surface area contributed by atoms with E-state index in [0.29, 0.717) is 12.1 Å². The fourth-order valence-electron chi connectivity index (χ4n) is 2.05. The van der Waals surface area contributed by atoms with Crippen LogP contribution in [-0.4, -0.2) is 21.1 Å². The van der Waals surface area contributed by atoms with E-state index in [-0.39, 0.29) is 5.91 Å². The molecule has 0 saturated carbocycles. The molecule has 0 fully saturated rings. The van der Waals surface area contributed by atoms with Crippen molar-refractivity contribution in [2.45, 2.75) is 13.5 Å². The Morgan fingerprint density at radius 3 is 3.10 bits per heavy atom. The predicted molar refractivity (Wildman–Crippen MR) is 76.2 cm³/mol. The van der Waals surface area contributed by atoms with Crippen molar-refractivity contribution in [3.8, 4) is 0 Å². The molecular weight excluding hydrogens is 252 g/mol. The minimum absolute atomic E-state index is 0.119. The van der Waals surface area contributed by atoms with Crippen LogP contribution in [0, 0.1) is 6.92 Å². The second-order valence-electron chi connectivity index (χ2n) is 4.62. The summed E-state index contributed by atoms with van der Waals surface area (Å²) in [5.74, 6) is -0.119. The van der Waals surface area contributed by atoms with Crippen molar-refractivity contribution in [1.82, 2.24) is 20.5 Å². The summed E-state index contributed by atoms with van der Waals surface area (Å²) >= 11 is 0. The standard InChI is InChI=1S/C15H14N4O/c1-10-3-2-6-16-14(10)9-17-15(20)11-4-5-12-8-18-19-13(12)7-11/h2-8H,9H2,1H3,(H,17,20)(H,18,19). The molecule has 2 N–H and O–H groups in total. The van der Waals surface area contributed by atoms with Gasteiger partial charge in [0, 0.05) is 17.1 Å². The summed E-state index contributed by atoms with van der Waals surface area (Å²) < 4.78 is 0. The van der Waals surface area contributed by atoms with E-state index in [9.17, 15) is 4.79 Å². The van der Waals surface area contributed by atoms with Gasteiger partial charge in [0.15, 0.2) is 0 Å². The lowest BCUT2D eigenvalue weighted by Crippen LogP contribution is -2.23. The number of amides is 1. The number of carbonyl (C=O) groups excluding carboxylic acids is 1. The molecule has 0 aliphatic carbocycles. The highest BCUT2D eigenvalue weighted by Crippen LogP contribution is 2.13. The van der Waals surface area contributed by atoms with Crippen LogP contribution in [0.4, 0.5) is 0 Å². The summed E-state index contributed by atoms with van der Waals surface area (Å²) in [4.78, 5) is 16.4. The van der Waals surface area contributed by atoms with Crippen LogP contribution in [0.25, 0.3) is 10.9 Å². The van der Waals surface area contributed by atoms with Crippen molar-refractivity contribution >= 4 is 16.8 Å². The van der Waals surface area contributed by atoms with Crippen molar-refractivity contribution in [1.29, 1.82) is 0 Å². The summed E-state index contributed by atoms with van der Waals surface area (Å²) in [5, 5.41) is 10.7. The van der Waals surface area contributed by atoms with E-state index in [1.165, 1.54) is 0 Å². The number of benzene rings is 1. The summed E-state index contributed by atoms with van der Waals surface area (Å²) in [6, 6.07) is 9.32. The second kappa shape index (κ2) is 5.13. The molecule has 0 bridgehead atoms. The van der Waals surface area contributed by atoms with Gasteiger partial charge in [-0.15, -0.1) is 0 Å². The lowest BCUT2D eigenvalue weighted by atomic mass is 10.1. The van der Waals surface area contributed by atoms with Crippen LogP contribution in [0.15, 0.2) is 42.7 Å². The van der Waals surface area contributed by atoms with Gasteiger partial charge in [-0.25, -0.2) is 0 Å². The Hall–Kier alpha value is -2.69. The lowest BCUT2D eigenvalue weighted by molar-refractivity contribution is 0.0950. The van der Waals surface area contributed by atoms with Crippen molar-refractivity contribution in [2.75, 3.05) is 0 Å². The van der Waals surface area contributed by atoms with E-state index in [0.717, 1.165) is 22.2 Å². The summed E-state index contributed by atoms with van der Waals surface area (Å²) in [5.41, 5.74) is 3.40. The molecule has 1 amide bonds. The molecule has 100 valence electrons. The van der Waals surface area contributed by atoms with Gasteiger partial charge in [0.1, 0.15) is 0 Å². The minimum Gasteiger partial charge on any atom is -0.346 e. The van der Waals surface area contributed by atoms with Crippen molar-refractivity contribution < 1.29 is 4.79 Å². The average molecular weight is 266 g/mol. The fraction of sp³-hybridized carbons (Fsp3) is 0.133. The fourth-order valence-corrected chi connectivity index (χ4v) is 2.05. The Balaban J connectivity index is 1.74. The zero-order valence-electron chi connectivity index (χ0n) is 11.1. The molecule has 5 heteroatoms. The molecule has 0 aliphatic heterocycles. The maximum absolute atomic E-state index is 12.1. The highest BCUT2D eigenvalue weighted by Gasteiger charge is 2.08. The second-order valence-corrected chi connectivity index (χ2v) is 4.62. The van der Waals surface area contributed by atoms with Gasteiger partial charge in [0.25, 0.3) is 5.91 Å². The van der Waals surface area contributed by atoms with Crippen LogP contribution in [-0.2, 0) is 6.54 Å². The van der Waals surface area contributed by atoms with Crippen LogP contribution in [0.2, 0.25) is 0 Å².